The zero-order chi connectivity index (χ0) is 10.7. The Kier molecular flexibility index (Phi) is 3.33. The minimum absolute atomic E-state index is 0.603. The van der Waals surface area contributed by atoms with Crippen molar-refractivity contribution in [1.82, 2.24) is 4.98 Å². The molecule has 0 radical (unpaired) electrons. The van der Waals surface area contributed by atoms with Crippen LogP contribution in [0, 0.1) is 0 Å². The molecule has 0 saturated heterocycles. The Labute approximate surface area is 92.9 Å². The number of rotatable bonds is 6. The molecule has 1 saturated carbocycles. The number of thiazole rings is 1. The van der Waals surface area contributed by atoms with Gasteiger partial charge in [-0.3, -0.25) is 4.79 Å². The van der Waals surface area contributed by atoms with Crippen molar-refractivity contribution in [2.75, 3.05) is 25.2 Å². The van der Waals surface area contributed by atoms with Crippen LogP contribution in [-0.4, -0.2) is 37.6 Å². The molecule has 15 heavy (non-hydrogen) atoms. The van der Waals surface area contributed by atoms with Crippen LogP contribution in [-0.2, 0) is 4.74 Å². The van der Waals surface area contributed by atoms with E-state index in [0.717, 1.165) is 18.0 Å². The third-order valence-corrected chi connectivity index (χ3v) is 3.36. The zero-order valence-electron chi connectivity index (χ0n) is 8.68. The minimum Gasteiger partial charge on any atom is -0.383 e. The molecule has 1 fully saturated rings. The molecule has 0 aliphatic heterocycles. The van der Waals surface area contributed by atoms with Gasteiger partial charge in [0.15, 0.2) is 11.4 Å². The molecule has 2 rings (SSSR count). The summed E-state index contributed by atoms with van der Waals surface area (Å²) in [5, 5.41) is 0.941. The van der Waals surface area contributed by atoms with Crippen molar-refractivity contribution in [3.05, 3.63) is 11.1 Å². The molecule has 1 aliphatic rings. The van der Waals surface area contributed by atoms with E-state index >= 15 is 0 Å². The van der Waals surface area contributed by atoms with E-state index in [1.54, 1.807) is 13.3 Å². The number of hydrogen-bond donors (Lipinski definition) is 0. The number of methoxy groups -OCH3 is 1. The van der Waals surface area contributed by atoms with Crippen molar-refractivity contribution in [3.63, 3.8) is 0 Å². The summed E-state index contributed by atoms with van der Waals surface area (Å²) < 4.78 is 5.07. The van der Waals surface area contributed by atoms with Gasteiger partial charge in [-0.15, -0.1) is 0 Å². The van der Waals surface area contributed by atoms with Crippen LogP contribution in [0.1, 0.15) is 22.5 Å². The Hall–Kier alpha value is -0.940. The lowest BCUT2D eigenvalue weighted by Gasteiger charge is -2.20. The number of nitrogens with zero attached hydrogens (tertiary/aromatic N) is 2. The molecular weight excluding hydrogens is 212 g/mol. The third kappa shape index (κ3) is 2.54. The lowest BCUT2D eigenvalue weighted by molar-refractivity contribution is 0.112. The van der Waals surface area contributed by atoms with Crippen molar-refractivity contribution in [2.45, 2.75) is 18.9 Å². The lowest BCUT2D eigenvalue weighted by atomic mass is 10.5. The maximum Gasteiger partial charge on any atom is 0.186 e. The average molecular weight is 226 g/mol. The van der Waals surface area contributed by atoms with Gasteiger partial charge in [0, 0.05) is 19.7 Å². The summed E-state index contributed by atoms with van der Waals surface area (Å²) in [7, 11) is 1.70. The molecule has 0 N–H and O–H groups in total. The van der Waals surface area contributed by atoms with E-state index in [-0.39, 0.29) is 0 Å². The number of aldehydes is 1. The molecule has 4 nitrogen and oxygen atoms in total. The standard InChI is InChI=1S/C10H14N2O2S/c1-14-5-4-12(8-2-3-8)10-11-6-9(7-13)15-10/h6-8H,2-5H2,1H3. The lowest BCUT2D eigenvalue weighted by Crippen LogP contribution is -2.29. The van der Waals surface area contributed by atoms with Gasteiger partial charge in [0.2, 0.25) is 0 Å². The van der Waals surface area contributed by atoms with Crippen molar-refractivity contribution in [1.29, 1.82) is 0 Å². The highest BCUT2D eigenvalue weighted by atomic mass is 32.1. The van der Waals surface area contributed by atoms with Gasteiger partial charge in [-0.2, -0.15) is 0 Å². The van der Waals surface area contributed by atoms with Gasteiger partial charge < -0.3 is 9.64 Å². The molecular formula is C10H14N2O2S. The Morgan fingerprint density at radius 1 is 1.73 bits per heavy atom. The summed E-state index contributed by atoms with van der Waals surface area (Å²) in [6.07, 6.45) is 4.93. The predicted molar refractivity (Wildman–Crippen MR) is 59.7 cm³/mol. The van der Waals surface area contributed by atoms with Crippen molar-refractivity contribution >= 4 is 22.8 Å². The van der Waals surface area contributed by atoms with Crippen LogP contribution in [0.15, 0.2) is 6.20 Å². The van der Waals surface area contributed by atoms with E-state index < -0.39 is 0 Å². The van der Waals surface area contributed by atoms with Crippen molar-refractivity contribution in [2.24, 2.45) is 0 Å². The summed E-state index contributed by atoms with van der Waals surface area (Å²) in [6.45, 7) is 1.56. The fourth-order valence-electron chi connectivity index (χ4n) is 1.47. The number of aromatic nitrogens is 1. The fourth-order valence-corrected chi connectivity index (χ4v) is 2.30. The molecule has 1 aromatic rings. The average Bonchev–Trinajstić information content (AvgIpc) is 2.97. The minimum atomic E-state index is 0.603. The summed E-state index contributed by atoms with van der Waals surface area (Å²) in [4.78, 5) is 17.8. The first-order chi connectivity index (χ1) is 7.35. The van der Waals surface area contributed by atoms with Gasteiger partial charge in [-0.05, 0) is 12.8 Å². The first kappa shape index (κ1) is 10.6. The number of carbonyl (C=O) groups excluding carboxylic acids is 1. The van der Waals surface area contributed by atoms with Gasteiger partial charge in [-0.25, -0.2) is 4.98 Å². The maximum atomic E-state index is 10.6. The largest absolute Gasteiger partial charge is 0.383 e. The Morgan fingerprint density at radius 3 is 3.07 bits per heavy atom. The highest BCUT2D eigenvalue weighted by Gasteiger charge is 2.30. The molecule has 0 unspecified atom stereocenters. The molecule has 5 heteroatoms. The molecule has 0 amide bonds. The summed E-state index contributed by atoms with van der Waals surface area (Å²) in [5.74, 6) is 0. The van der Waals surface area contributed by atoms with Crippen LogP contribution in [0.5, 0.6) is 0 Å². The number of anilines is 1. The number of hydrogen-bond acceptors (Lipinski definition) is 5. The molecule has 0 bridgehead atoms. The monoisotopic (exact) mass is 226 g/mol. The first-order valence-electron chi connectivity index (χ1n) is 5.01. The van der Waals surface area contributed by atoms with Crippen molar-refractivity contribution in [3.8, 4) is 0 Å². The third-order valence-electron chi connectivity index (χ3n) is 2.40. The molecule has 82 valence electrons. The van der Waals surface area contributed by atoms with E-state index in [1.165, 1.54) is 24.2 Å². The van der Waals surface area contributed by atoms with Gasteiger partial charge in [-0.1, -0.05) is 11.3 Å². The van der Waals surface area contributed by atoms with Gasteiger partial charge in [0.1, 0.15) is 0 Å². The zero-order valence-corrected chi connectivity index (χ0v) is 9.50. The van der Waals surface area contributed by atoms with E-state index in [9.17, 15) is 4.79 Å². The molecule has 1 heterocycles. The molecule has 0 spiro atoms. The second-order valence-corrected chi connectivity index (χ2v) is 4.62. The molecule has 0 atom stereocenters. The van der Waals surface area contributed by atoms with Crippen LogP contribution < -0.4 is 4.90 Å². The molecule has 0 aromatic carbocycles. The van der Waals surface area contributed by atoms with E-state index in [1.807, 2.05) is 0 Å². The summed E-state index contributed by atoms with van der Waals surface area (Å²) in [6, 6.07) is 0.603. The van der Waals surface area contributed by atoms with E-state index in [2.05, 4.69) is 9.88 Å². The molecule has 1 aromatic heterocycles. The maximum absolute atomic E-state index is 10.6. The van der Waals surface area contributed by atoms with Crippen LogP contribution >= 0.6 is 11.3 Å². The smallest absolute Gasteiger partial charge is 0.186 e. The number of carbonyl (C=O) groups is 1. The van der Waals surface area contributed by atoms with Crippen molar-refractivity contribution < 1.29 is 9.53 Å². The second kappa shape index (κ2) is 4.72. The normalized spacial score (nSPS) is 15.3. The second-order valence-electron chi connectivity index (χ2n) is 3.58. The Morgan fingerprint density at radius 2 is 2.53 bits per heavy atom. The predicted octanol–water partition coefficient (Wildman–Crippen LogP) is 1.57. The summed E-state index contributed by atoms with van der Waals surface area (Å²) >= 11 is 1.45. The quantitative estimate of drug-likeness (QED) is 0.690. The SMILES string of the molecule is COCCN(c1ncc(C=O)s1)C1CC1. The topological polar surface area (TPSA) is 42.4 Å². The van der Waals surface area contributed by atoms with Crippen LogP contribution in [0.2, 0.25) is 0 Å². The highest BCUT2D eigenvalue weighted by molar-refractivity contribution is 7.17. The van der Waals surface area contributed by atoms with Gasteiger partial charge >= 0.3 is 0 Å². The fraction of sp³-hybridized carbons (Fsp3) is 0.600. The summed E-state index contributed by atoms with van der Waals surface area (Å²) in [5.41, 5.74) is 0. The van der Waals surface area contributed by atoms with Crippen LogP contribution in [0.25, 0.3) is 0 Å². The van der Waals surface area contributed by atoms with E-state index in [4.69, 9.17) is 4.74 Å². The van der Waals surface area contributed by atoms with E-state index in [0.29, 0.717) is 17.5 Å². The van der Waals surface area contributed by atoms with Crippen LogP contribution in [0.3, 0.4) is 0 Å². The first-order valence-corrected chi connectivity index (χ1v) is 5.83. The van der Waals surface area contributed by atoms with Crippen LogP contribution in [0.4, 0.5) is 5.13 Å². The Balaban J connectivity index is 2.05. The number of ether oxygens (including phenoxy) is 1. The highest BCUT2D eigenvalue weighted by Crippen LogP contribution is 2.33. The van der Waals surface area contributed by atoms with Gasteiger partial charge in [0.25, 0.3) is 0 Å². The molecule has 1 aliphatic carbocycles. The Bertz CT molecular complexity index is 336. The van der Waals surface area contributed by atoms with Gasteiger partial charge in [0.05, 0.1) is 17.7 Å².